The van der Waals surface area contributed by atoms with Gasteiger partial charge in [0.25, 0.3) is 0 Å². The van der Waals surface area contributed by atoms with Gasteiger partial charge in [0.1, 0.15) is 5.82 Å². The normalized spacial score (nSPS) is 23.4. The van der Waals surface area contributed by atoms with Crippen LogP contribution in [0, 0.1) is 11.7 Å². The summed E-state index contributed by atoms with van der Waals surface area (Å²) < 4.78 is 19.0. The number of hydrogen-bond acceptors (Lipinski definition) is 3. The van der Waals surface area contributed by atoms with E-state index in [-0.39, 0.29) is 16.9 Å². The van der Waals surface area contributed by atoms with Crippen LogP contribution < -0.4 is 11.3 Å². The first-order valence-corrected chi connectivity index (χ1v) is 7.52. The van der Waals surface area contributed by atoms with E-state index in [1.165, 1.54) is 6.07 Å². The van der Waals surface area contributed by atoms with Crippen LogP contribution in [0.2, 0.25) is 5.02 Å². The molecule has 5 heteroatoms. The lowest BCUT2D eigenvalue weighted by atomic mass is 9.77. The van der Waals surface area contributed by atoms with Crippen LogP contribution in [0.4, 0.5) is 4.39 Å². The van der Waals surface area contributed by atoms with Gasteiger partial charge in [0.2, 0.25) is 0 Å². The molecular weight excluding hydrogens is 279 g/mol. The van der Waals surface area contributed by atoms with Crippen molar-refractivity contribution < 1.29 is 9.13 Å². The van der Waals surface area contributed by atoms with E-state index in [4.69, 9.17) is 22.2 Å². The van der Waals surface area contributed by atoms with Gasteiger partial charge in [-0.15, -0.1) is 0 Å². The van der Waals surface area contributed by atoms with E-state index in [2.05, 4.69) is 5.43 Å². The second-order valence-electron chi connectivity index (χ2n) is 5.43. The average Bonchev–Trinajstić information content (AvgIpc) is 2.40. The van der Waals surface area contributed by atoms with Gasteiger partial charge in [0.15, 0.2) is 0 Å². The molecule has 1 unspecified atom stereocenters. The lowest BCUT2D eigenvalue weighted by molar-refractivity contribution is -0.0290. The summed E-state index contributed by atoms with van der Waals surface area (Å²) in [6.07, 6.45) is 4.18. The van der Waals surface area contributed by atoms with E-state index in [0.29, 0.717) is 18.4 Å². The average molecular weight is 301 g/mol. The predicted molar refractivity (Wildman–Crippen MR) is 79.0 cm³/mol. The van der Waals surface area contributed by atoms with E-state index in [1.807, 2.05) is 13.0 Å². The fourth-order valence-electron chi connectivity index (χ4n) is 2.82. The molecule has 2 rings (SSSR count). The minimum absolute atomic E-state index is 0.113. The SMILES string of the molecule is CCOC1CC(CC(Cc2cccc(F)c2Cl)NN)C1. The molecule has 20 heavy (non-hydrogen) atoms. The van der Waals surface area contributed by atoms with Gasteiger partial charge in [-0.1, -0.05) is 23.7 Å². The zero-order valence-electron chi connectivity index (χ0n) is 11.7. The summed E-state index contributed by atoms with van der Waals surface area (Å²) in [5.41, 5.74) is 3.62. The van der Waals surface area contributed by atoms with Gasteiger partial charge in [-0.25, -0.2) is 4.39 Å². The first-order chi connectivity index (χ1) is 9.63. The van der Waals surface area contributed by atoms with Crippen molar-refractivity contribution in [1.29, 1.82) is 0 Å². The van der Waals surface area contributed by atoms with Crippen LogP contribution in [-0.2, 0) is 11.2 Å². The zero-order chi connectivity index (χ0) is 14.5. The Kier molecular flexibility index (Phi) is 5.78. The van der Waals surface area contributed by atoms with Gasteiger partial charge in [-0.2, -0.15) is 0 Å². The van der Waals surface area contributed by atoms with Crippen molar-refractivity contribution in [2.24, 2.45) is 11.8 Å². The highest BCUT2D eigenvalue weighted by Gasteiger charge is 2.31. The lowest BCUT2D eigenvalue weighted by Crippen LogP contribution is -2.42. The molecule has 3 N–H and O–H groups in total. The lowest BCUT2D eigenvalue weighted by Gasteiger charge is -2.37. The summed E-state index contributed by atoms with van der Waals surface area (Å²) in [5.74, 6) is 5.86. The second kappa shape index (κ2) is 7.36. The maximum atomic E-state index is 13.4. The molecule has 1 aromatic carbocycles. The Bertz CT molecular complexity index is 438. The molecule has 1 fully saturated rings. The van der Waals surface area contributed by atoms with Crippen molar-refractivity contribution >= 4 is 11.6 Å². The maximum absolute atomic E-state index is 13.4. The molecule has 1 aromatic rings. The first-order valence-electron chi connectivity index (χ1n) is 7.14. The molecule has 0 heterocycles. The number of hydrogen-bond donors (Lipinski definition) is 2. The van der Waals surface area contributed by atoms with Crippen molar-refractivity contribution in [3.8, 4) is 0 Å². The van der Waals surface area contributed by atoms with Crippen LogP contribution >= 0.6 is 11.6 Å². The fourth-order valence-corrected chi connectivity index (χ4v) is 3.03. The van der Waals surface area contributed by atoms with Crippen LogP contribution in [0.15, 0.2) is 18.2 Å². The van der Waals surface area contributed by atoms with E-state index in [0.717, 1.165) is 31.4 Å². The van der Waals surface area contributed by atoms with E-state index >= 15 is 0 Å². The molecule has 0 spiro atoms. The van der Waals surface area contributed by atoms with Crippen molar-refractivity contribution in [2.75, 3.05) is 6.61 Å². The number of nitrogens with one attached hydrogen (secondary N) is 1. The summed E-state index contributed by atoms with van der Waals surface area (Å²) in [4.78, 5) is 0. The highest BCUT2D eigenvalue weighted by molar-refractivity contribution is 6.31. The van der Waals surface area contributed by atoms with Gasteiger partial charge >= 0.3 is 0 Å². The van der Waals surface area contributed by atoms with Gasteiger partial charge < -0.3 is 4.74 Å². The fraction of sp³-hybridized carbons (Fsp3) is 0.600. The molecule has 1 aliphatic rings. The van der Waals surface area contributed by atoms with Gasteiger partial charge in [0, 0.05) is 12.6 Å². The summed E-state index contributed by atoms with van der Waals surface area (Å²) in [6, 6.07) is 5.01. The summed E-state index contributed by atoms with van der Waals surface area (Å²) in [7, 11) is 0. The number of rotatable bonds is 7. The molecule has 0 amide bonds. The van der Waals surface area contributed by atoms with Crippen LogP contribution in [-0.4, -0.2) is 18.8 Å². The van der Waals surface area contributed by atoms with Crippen molar-refractivity contribution in [2.45, 2.75) is 44.8 Å². The highest BCUT2D eigenvalue weighted by atomic mass is 35.5. The van der Waals surface area contributed by atoms with Crippen molar-refractivity contribution in [1.82, 2.24) is 5.43 Å². The molecular formula is C15H22ClFN2O. The quantitative estimate of drug-likeness (QED) is 0.601. The van der Waals surface area contributed by atoms with Gasteiger partial charge in [-0.05, 0) is 50.2 Å². The highest BCUT2D eigenvalue weighted by Crippen LogP contribution is 2.34. The standard InChI is InChI=1S/C15H22ClFN2O/c1-2-20-13-7-10(8-13)6-12(19-18)9-11-4-3-5-14(17)15(11)16/h3-5,10,12-13,19H,2,6-9,18H2,1H3. The summed E-state index contributed by atoms with van der Waals surface area (Å²) in [6.45, 7) is 2.79. The third-order valence-electron chi connectivity index (χ3n) is 3.95. The van der Waals surface area contributed by atoms with E-state index < -0.39 is 0 Å². The Labute approximate surface area is 124 Å². The Morgan fingerprint density at radius 1 is 1.50 bits per heavy atom. The van der Waals surface area contributed by atoms with Gasteiger partial charge in [-0.3, -0.25) is 11.3 Å². The minimum Gasteiger partial charge on any atom is -0.378 e. The number of halogens is 2. The van der Waals surface area contributed by atoms with Crippen LogP contribution in [0.1, 0.15) is 31.7 Å². The molecule has 0 bridgehead atoms. The number of ether oxygens (including phenoxy) is 1. The Hall–Kier alpha value is -0.680. The van der Waals surface area contributed by atoms with E-state index in [1.54, 1.807) is 6.07 Å². The second-order valence-corrected chi connectivity index (χ2v) is 5.81. The number of nitrogens with two attached hydrogens (primary N) is 1. The molecule has 0 aliphatic heterocycles. The largest absolute Gasteiger partial charge is 0.378 e. The molecule has 1 aliphatic carbocycles. The maximum Gasteiger partial charge on any atom is 0.142 e. The molecule has 0 saturated heterocycles. The third-order valence-corrected chi connectivity index (χ3v) is 4.37. The Balaban J connectivity index is 1.85. The first kappa shape index (κ1) is 15.7. The molecule has 1 saturated carbocycles. The Morgan fingerprint density at radius 2 is 2.25 bits per heavy atom. The predicted octanol–water partition coefficient (Wildman–Crippen LogP) is 3.06. The molecule has 0 radical (unpaired) electrons. The van der Waals surface area contributed by atoms with Crippen molar-refractivity contribution in [3.05, 3.63) is 34.6 Å². The third kappa shape index (κ3) is 3.92. The molecule has 3 nitrogen and oxygen atoms in total. The topological polar surface area (TPSA) is 47.3 Å². The molecule has 1 atom stereocenters. The minimum atomic E-state index is -0.375. The molecule has 0 aromatic heterocycles. The summed E-state index contributed by atoms with van der Waals surface area (Å²) in [5, 5.41) is 0.202. The van der Waals surface area contributed by atoms with E-state index in [9.17, 15) is 4.39 Å². The smallest absolute Gasteiger partial charge is 0.142 e. The number of benzene rings is 1. The monoisotopic (exact) mass is 300 g/mol. The molecule has 112 valence electrons. The van der Waals surface area contributed by atoms with Crippen LogP contribution in [0.5, 0.6) is 0 Å². The van der Waals surface area contributed by atoms with Crippen LogP contribution in [0.25, 0.3) is 0 Å². The Morgan fingerprint density at radius 3 is 2.90 bits per heavy atom. The number of hydrazine groups is 1. The van der Waals surface area contributed by atoms with Crippen molar-refractivity contribution in [3.63, 3.8) is 0 Å². The zero-order valence-corrected chi connectivity index (χ0v) is 12.5. The van der Waals surface area contributed by atoms with Crippen LogP contribution in [0.3, 0.4) is 0 Å². The van der Waals surface area contributed by atoms with Gasteiger partial charge in [0.05, 0.1) is 11.1 Å². The summed E-state index contributed by atoms with van der Waals surface area (Å²) >= 11 is 5.98.